The highest BCUT2D eigenvalue weighted by atomic mass is 16.5. The second kappa shape index (κ2) is 11.7. The van der Waals surface area contributed by atoms with Gasteiger partial charge in [0.05, 0.1) is 13.7 Å². The molecule has 33 heavy (non-hydrogen) atoms. The van der Waals surface area contributed by atoms with Crippen molar-refractivity contribution >= 4 is 11.8 Å². The number of hydrogen-bond acceptors (Lipinski definition) is 7. The number of ether oxygens (including phenoxy) is 2. The fourth-order valence-electron chi connectivity index (χ4n) is 4.18. The Morgan fingerprint density at radius 2 is 1.85 bits per heavy atom. The number of benzene rings is 1. The summed E-state index contributed by atoms with van der Waals surface area (Å²) in [6.45, 7) is 2.31. The van der Waals surface area contributed by atoms with Crippen LogP contribution in [0.25, 0.3) is 0 Å². The summed E-state index contributed by atoms with van der Waals surface area (Å²) < 4.78 is 16.4. The molecule has 0 saturated heterocycles. The van der Waals surface area contributed by atoms with Gasteiger partial charge in [0.1, 0.15) is 12.1 Å². The van der Waals surface area contributed by atoms with Gasteiger partial charge < -0.3 is 24.2 Å². The summed E-state index contributed by atoms with van der Waals surface area (Å²) in [4.78, 5) is 30.6. The molecule has 2 aromatic rings. The maximum absolute atomic E-state index is 12.5. The van der Waals surface area contributed by atoms with Crippen LogP contribution < -0.4 is 14.8 Å². The lowest BCUT2D eigenvalue weighted by atomic mass is 9.89. The molecule has 0 atom stereocenters. The number of aryl methyl sites for hydroxylation is 1. The van der Waals surface area contributed by atoms with Crippen LogP contribution in [0.1, 0.15) is 63.6 Å². The minimum atomic E-state index is -0.583. The highest BCUT2D eigenvalue weighted by molar-refractivity contribution is 5.76. The first-order valence-corrected chi connectivity index (χ1v) is 11.5. The van der Waals surface area contributed by atoms with Gasteiger partial charge in [0.15, 0.2) is 17.3 Å². The summed E-state index contributed by atoms with van der Waals surface area (Å²) in [6.07, 6.45) is 6.45. The minimum absolute atomic E-state index is 0.0376. The van der Waals surface area contributed by atoms with E-state index >= 15 is 0 Å². The molecule has 2 amide bonds. The van der Waals surface area contributed by atoms with Gasteiger partial charge in [0, 0.05) is 26.8 Å². The number of aromatic nitrogens is 2. The normalized spacial score (nSPS) is 15.4. The Hall–Kier alpha value is -3.10. The maximum Gasteiger partial charge on any atom is 0.227 e. The van der Waals surface area contributed by atoms with Crippen LogP contribution in [0.3, 0.4) is 0 Å². The van der Waals surface area contributed by atoms with Gasteiger partial charge in [-0.1, -0.05) is 43.0 Å². The van der Waals surface area contributed by atoms with Crippen molar-refractivity contribution in [2.45, 2.75) is 63.8 Å². The number of rotatable bonds is 10. The van der Waals surface area contributed by atoms with E-state index in [1.807, 2.05) is 24.3 Å². The van der Waals surface area contributed by atoms with Gasteiger partial charge in [-0.3, -0.25) is 9.59 Å². The molecule has 1 aliphatic rings. The van der Waals surface area contributed by atoms with E-state index in [1.54, 1.807) is 19.1 Å². The molecule has 1 heterocycles. The van der Waals surface area contributed by atoms with Crippen molar-refractivity contribution in [1.29, 1.82) is 0 Å². The van der Waals surface area contributed by atoms with Gasteiger partial charge in [0.2, 0.25) is 17.7 Å². The summed E-state index contributed by atoms with van der Waals surface area (Å²) in [5.41, 5.74) is -0.583. The Morgan fingerprint density at radius 1 is 1.15 bits per heavy atom. The third-order valence-corrected chi connectivity index (χ3v) is 6.00. The van der Waals surface area contributed by atoms with E-state index < -0.39 is 5.54 Å². The highest BCUT2D eigenvalue weighted by Gasteiger charge is 2.38. The number of methoxy groups -OCH3 is 1. The summed E-state index contributed by atoms with van der Waals surface area (Å²) in [5.74, 6) is 2.08. The van der Waals surface area contributed by atoms with Crippen LogP contribution in [0, 0.1) is 0 Å². The molecule has 0 radical (unpaired) electrons. The average molecular weight is 459 g/mol. The van der Waals surface area contributed by atoms with Crippen molar-refractivity contribution in [3.8, 4) is 11.5 Å². The molecular weight excluding hydrogens is 424 g/mol. The Bertz CT molecular complexity index is 921. The third-order valence-electron chi connectivity index (χ3n) is 6.00. The van der Waals surface area contributed by atoms with Gasteiger partial charge in [-0.15, -0.1) is 0 Å². The summed E-state index contributed by atoms with van der Waals surface area (Å²) in [5, 5.41) is 7.24. The van der Waals surface area contributed by atoms with Crippen LogP contribution in [-0.4, -0.2) is 54.2 Å². The van der Waals surface area contributed by atoms with E-state index in [9.17, 15) is 9.59 Å². The number of nitrogens with zero attached hydrogens (tertiary/aromatic N) is 3. The molecule has 1 fully saturated rings. The molecule has 1 aliphatic carbocycles. The standard InChI is InChI=1S/C24H34N4O5/c1-18(29)26-24(14-8-4-5-9-15-24)23-25-21(33-27-23)12-13-22(30)28(2)16-17-32-20-11-7-6-10-19(20)31-3/h6-7,10-11H,4-5,8-9,12-17H2,1-3H3,(H,26,29). The first-order chi connectivity index (χ1) is 15.9. The number of para-hydroxylation sites is 2. The predicted molar refractivity (Wildman–Crippen MR) is 122 cm³/mol. The van der Waals surface area contributed by atoms with Crippen molar-refractivity contribution in [3.63, 3.8) is 0 Å². The lowest BCUT2D eigenvalue weighted by molar-refractivity contribution is -0.130. The number of amides is 2. The zero-order valence-corrected chi connectivity index (χ0v) is 19.8. The number of hydrogen-bond donors (Lipinski definition) is 1. The molecule has 0 bridgehead atoms. The number of likely N-dealkylation sites (N-methyl/N-ethyl adjacent to an activating group) is 1. The predicted octanol–water partition coefficient (Wildman–Crippen LogP) is 3.23. The molecule has 0 aliphatic heterocycles. The molecule has 9 heteroatoms. The summed E-state index contributed by atoms with van der Waals surface area (Å²) in [6, 6.07) is 7.40. The molecular formula is C24H34N4O5. The molecule has 1 N–H and O–H groups in total. The Kier molecular flexibility index (Phi) is 8.68. The second-order valence-corrected chi connectivity index (χ2v) is 8.50. The van der Waals surface area contributed by atoms with Crippen molar-refractivity contribution in [2.75, 3.05) is 27.3 Å². The van der Waals surface area contributed by atoms with E-state index in [2.05, 4.69) is 15.5 Å². The van der Waals surface area contributed by atoms with Crippen molar-refractivity contribution in [1.82, 2.24) is 20.4 Å². The zero-order valence-electron chi connectivity index (χ0n) is 19.8. The first kappa shape index (κ1) is 24.5. The van der Waals surface area contributed by atoms with E-state index in [-0.39, 0.29) is 18.2 Å². The SMILES string of the molecule is COc1ccccc1OCCN(C)C(=O)CCc1nc(C2(NC(C)=O)CCCCCC2)no1. The van der Waals surface area contributed by atoms with Crippen LogP contribution in [0.2, 0.25) is 0 Å². The second-order valence-electron chi connectivity index (χ2n) is 8.50. The van der Waals surface area contributed by atoms with Gasteiger partial charge in [-0.05, 0) is 25.0 Å². The molecule has 1 aromatic carbocycles. The van der Waals surface area contributed by atoms with Crippen molar-refractivity contribution < 1.29 is 23.6 Å². The molecule has 9 nitrogen and oxygen atoms in total. The molecule has 0 spiro atoms. The van der Waals surface area contributed by atoms with Crippen molar-refractivity contribution in [3.05, 3.63) is 36.0 Å². The fourth-order valence-corrected chi connectivity index (χ4v) is 4.18. The van der Waals surface area contributed by atoms with Crippen LogP contribution in [-0.2, 0) is 21.5 Å². The molecule has 1 aromatic heterocycles. The topological polar surface area (TPSA) is 107 Å². The highest BCUT2D eigenvalue weighted by Crippen LogP contribution is 2.34. The lowest BCUT2D eigenvalue weighted by Crippen LogP contribution is -2.45. The molecule has 0 unspecified atom stereocenters. The van der Waals surface area contributed by atoms with Gasteiger partial charge in [-0.2, -0.15) is 4.98 Å². The van der Waals surface area contributed by atoms with Crippen LogP contribution in [0.5, 0.6) is 11.5 Å². The van der Waals surface area contributed by atoms with Crippen LogP contribution >= 0.6 is 0 Å². The van der Waals surface area contributed by atoms with Crippen LogP contribution in [0.15, 0.2) is 28.8 Å². The molecule has 1 saturated carbocycles. The van der Waals surface area contributed by atoms with Gasteiger partial charge in [0.25, 0.3) is 0 Å². The van der Waals surface area contributed by atoms with E-state index in [0.29, 0.717) is 42.8 Å². The number of nitrogens with one attached hydrogen (secondary N) is 1. The Morgan fingerprint density at radius 3 is 2.52 bits per heavy atom. The molecule has 3 rings (SSSR count). The zero-order chi connectivity index (χ0) is 23.7. The third kappa shape index (κ3) is 6.69. The Labute approximate surface area is 194 Å². The lowest BCUT2D eigenvalue weighted by Gasteiger charge is -2.30. The first-order valence-electron chi connectivity index (χ1n) is 11.5. The van der Waals surface area contributed by atoms with Gasteiger partial charge in [-0.25, -0.2) is 0 Å². The summed E-state index contributed by atoms with van der Waals surface area (Å²) in [7, 11) is 3.33. The average Bonchev–Trinajstić information content (AvgIpc) is 3.17. The Balaban J connectivity index is 1.51. The van der Waals surface area contributed by atoms with Crippen LogP contribution in [0.4, 0.5) is 0 Å². The smallest absolute Gasteiger partial charge is 0.227 e. The summed E-state index contributed by atoms with van der Waals surface area (Å²) >= 11 is 0. The fraction of sp³-hybridized carbons (Fsp3) is 0.583. The largest absolute Gasteiger partial charge is 0.493 e. The maximum atomic E-state index is 12.5. The van der Waals surface area contributed by atoms with E-state index in [1.165, 1.54) is 6.92 Å². The van der Waals surface area contributed by atoms with E-state index in [4.69, 9.17) is 14.0 Å². The van der Waals surface area contributed by atoms with Crippen molar-refractivity contribution in [2.24, 2.45) is 0 Å². The van der Waals surface area contributed by atoms with Gasteiger partial charge >= 0.3 is 0 Å². The minimum Gasteiger partial charge on any atom is -0.493 e. The monoisotopic (exact) mass is 458 g/mol. The number of carbonyl (C=O) groups excluding carboxylic acids is 2. The number of carbonyl (C=O) groups is 2. The molecule has 180 valence electrons. The van der Waals surface area contributed by atoms with E-state index in [0.717, 1.165) is 38.5 Å². The quantitative estimate of drug-likeness (QED) is 0.545.